The zero-order valence-corrected chi connectivity index (χ0v) is 21.0. The molecule has 0 amide bonds. The summed E-state index contributed by atoms with van der Waals surface area (Å²) in [6.07, 6.45) is 3.36. The van der Waals surface area contributed by atoms with Gasteiger partial charge in [0.05, 0.1) is 16.6 Å². The Morgan fingerprint density at radius 3 is 2.26 bits per heavy atom. The highest BCUT2D eigenvalue weighted by atomic mass is 16.1. The van der Waals surface area contributed by atoms with Gasteiger partial charge in [-0.2, -0.15) is 0 Å². The van der Waals surface area contributed by atoms with Gasteiger partial charge in [-0.3, -0.25) is 14.3 Å². The Bertz CT molecular complexity index is 1830. The van der Waals surface area contributed by atoms with E-state index in [-0.39, 0.29) is 16.4 Å². The summed E-state index contributed by atoms with van der Waals surface area (Å²) in [5, 5.41) is 0.679. The van der Waals surface area contributed by atoms with E-state index in [9.17, 15) is 4.79 Å². The van der Waals surface area contributed by atoms with Crippen LogP contribution in [-0.2, 0) is 16.4 Å². The summed E-state index contributed by atoms with van der Waals surface area (Å²) in [4.78, 5) is 22.4. The van der Waals surface area contributed by atoms with Crippen LogP contribution in [0.1, 0.15) is 41.8 Å². The second kappa shape index (κ2) is 6.89. The number of hydrogen-bond donors (Lipinski definition) is 0. The van der Waals surface area contributed by atoms with E-state index in [4.69, 9.17) is 4.98 Å². The molecule has 0 radical (unpaired) electrons. The smallest absolute Gasteiger partial charge is 0.266 e. The molecule has 1 saturated carbocycles. The average molecular weight is 494 g/mol. The number of aromatic nitrogens is 2. The minimum atomic E-state index is -0.523. The predicted octanol–water partition coefficient (Wildman–Crippen LogP) is 5.70. The molecule has 1 spiro atoms. The van der Waals surface area contributed by atoms with Crippen molar-refractivity contribution in [2.45, 2.75) is 41.7 Å². The van der Waals surface area contributed by atoms with Gasteiger partial charge >= 0.3 is 0 Å². The van der Waals surface area contributed by atoms with Crippen LogP contribution in [0.3, 0.4) is 0 Å². The van der Waals surface area contributed by atoms with Crippen LogP contribution in [0.4, 0.5) is 0 Å². The van der Waals surface area contributed by atoms with Crippen molar-refractivity contribution in [2.24, 2.45) is 0 Å². The summed E-state index contributed by atoms with van der Waals surface area (Å²) in [5.41, 5.74) is 5.00. The molecule has 4 aromatic carbocycles. The van der Waals surface area contributed by atoms with Crippen LogP contribution in [0.2, 0.25) is 0 Å². The Morgan fingerprint density at radius 2 is 1.45 bits per heavy atom. The second-order valence-electron chi connectivity index (χ2n) is 11.5. The molecule has 9 rings (SSSR count). The van der Waals surface area contributed by atoms with Crippen molar-refractivity contribution in [2.75, 3.05) is 6.54 Å². The maximum atomic E-state index is 14.2. The summed E-state index contributed by atoms with van der Waals surface area (Å²) in [6, 6.07) is 39.1. The number of piperidine rings is 1. The molecule has 3 fully saturated rings. The van der Waals surface area contributed by atoms with E-state index in [1.54, 1.807) is 0 Å². The van der Waals surface area contributed by atoms with Crippen molar-refractivity contribution < 1.29 is 0 Å². The molecule has 38 heavy (non-hydrogen) atoms. The van der Waals surface area contributed by atoms with Crippen LogP contribution in [0, 0.1) is 0 Å². The number of para-hydroxylation sites is 2. The third-order valence-electron chi connectivity index (χ3n) is 10.2. The molecule has 0 N–H and O–H groups in total. The van der Waals surface area contributed by atoms with E-state index in [1.165, 1.54) is 16.7 Å². The van der Waals surface area contributed by atoms with E-state index in [1.807, 2.05) is 28.8 Å². The zero-order chi connectivity index (χ0) is 25.1. The summed E-state index contributed by atoms with van der Waals surface area (Å²) in [5.74, 6) is 0.897. The van der Waals surface area contributed by atoms with Crippen molar-refractivity contribution in [1.82, 2.24) is 14.5 Å². The number of hydrogen-bond acceptors (Lipinski definition) is 3. The van der Waals surface area contributed by atoms with E-state index < -0.39 is 5.54 Å². The Balaban J connectivity index is 1.49. The first-order valence-electron chi connectivity index (χ1n) is 13.8. The third kappa shape index (κ3) is 2.06. The van der Waals surface area contributed by atoms with Crippen molar-refractivity contribution in [3.8, 4) is 5.69 Å². The fourth-order valence-electron chi connectivity index (χ4n) is 9.12. The summed E-state index contributed by atoms with van der Waals surface area (Å²) in [7, 11) is 0. The molecule has 184 valence electrons. The Hall–Kier alpha value is -4.02. The van der Waals surface area contributed by atoms with Crippen LogP contribution < -0.4 is 5.56 Å². The Morgan fingerprint density at radius 1 is 0.763 bits per heavy atom. The highest BCUT2D eigenvalue weighted by molar-refractivity contribution is 5.80. The van der Waals surface area contributed by atoms with Gasteiger partial charge in [0.15, 0.2) is 0 Å². The number of fused-ring (bicyclic) bond motifs is 11. The molecule has 4 heteroatoms. The van der Waals surface area contributed by atoms with Gasteiger partial charge in [-0.25, -0.2) is 4.98 Å². The lowest BCUT2D eigenvalue weighted by Crippen LogP contribution is -2.52. The van der Waals surface area contributed by atoms with Crippen LogP contribution in [0.15, 0.2) is 114 Å². The summed E-state index contributed by atoms with van der Waals surface area (Å²) < 4.78 is 1.96. The highest BCUT2D eigenvalue weighted by Gasteiger charge is 2.89. The topological polar surface area (TPSA) is 38.1 Å². The van der Waals surface area contributed by atoms with Gasteiger partial charge in [-0.15, -0.1) is 0 Å². The van der Waals surface area contributed by atoms with Crippen molar-refractivity contribution in [1.29, 1.82) is 0 Å². The van der Waals surface area contributed by atoms with Crippen molar-refractivity contribution in [3.05, 3.63) is 142 Å². The maximum absolute atomic E-state index is 14.2. The van der Waals surface area contributed by atoms with Gasteiger partial charge in [0.25, 0.3) is 5.56 Å². The second-order valence-corrected chi connectivity index (χ2v) is 11.5. The van der Waals surface area contributed by atoms with Gasteiger partial charge < -0.3 is 0 Å². The molecule has 4 heterocycles. The van der Waals surface area contributed by atoms with Crippen molar-refractivity contribution in [3.63, 3.8) is 0 Å². The monoisotopic (exact) mass is 493 g/mol. The number of benzene rings is 4. The van der Waals surface area contributed by atoms with Gasteiger partial charge in [-0.05, 0) is 55.1 Å². The van der Waals surface area contributed by atoms with Crippen LogP contribution in [0.25, 0.3) is 16.6 Å². The lowest BCUT2D eigenvalue weighted by atomic mass is 9.68. The van der Waals surface area contributed by atoms with Gasteiger partial charge in [-0.1, -0.05) is 91.0 Å². The molecule has 0 unspecified atom stereocenters. The van der Waals surface area contributed by atoms with E-state index in [0.29, 0.717) is 11.4 Å². The molecular weight excluding hydrogens is 466 g/mol. The molecule has 1 aliphatic carbocycles. The van der Waals surface area contributed by atoms with Crippen LogP contribution >= 0.6 is 0 Å². The molecule has 2 saturated heterocycles. The maximum Gasteiger partial charge on any atom is 0.266 e. The van der Waals surface area contributed by atoms with Crippen molar-refractivity contribution >= 4 is 10.9 Å². The largest absolute Gasteiger partial charge is 0.282 e. The third-order valence-corrected chi connectivity index (χ3v) is 10.2. The summed E-state index contributed by atoms with van der Waals surface area (Å²) >= 11 is 0. The fraction of sp³-hybridized carbons (Fsp3) is 0.235. The highest BCUT2D eigenvalue weighted by Crippen LogP contribution is 2.84. The Kier molecular flexibility index (Phi) is 3.80. The first kappa shape index (κ1) is 21.0. The number of nitrogens with zero attached hydrogens (tertiary/aromatic N) is 3. The first-order valence-corrected chi connectivity index (χ1v) is 13.8. The molecule has 4 nitrogen and oxygen atoms in total. The van der Waals surface area contributed by atoms with Gasteiger partial charge in [0.2, 0.25) is 0 Å². The molecule has 4 aliphatic rings. The van der Waals surface area contributed by atoms with Gasteiger partial charge in [0, 0.05) is 22.4 Å². The fourth-order valence-corrected chi connectivity index (χ4v) is 9.12. The molecule has 4 atom stereocenters. The molecule has 5 aromatic rings. The minimum absolute atomic E-state index is 0.0340. The zero-order valence-electron chi connectivity index (χ0n) is 21.0. The molecular formula is C34H27N3O. The SMILES string of the molecule is O=c1c2ccccc2nc2n1-c1ccccc1[C@]21N2CCC[C@@H]2[C@]2(c3ccccc3)C[C@]12c1ccccc1. The molecule has 3 aliphatic heterocycles. The van der Waals surface area contributed by atoms with E-state index in [2.05, 4.69) is 89.8 Å². The van der Waals surface area contributed by atoms with Crippen LogP contribution in [0.5, 0.6) is 0 Å². The first-order chi connectivity index (χ1) is 18.7. The standard InChI is InChI=1S/C34H27N3O/c38-30-25-16-7-9-18-27(25)35-31-34(26-17-8-10-19-28(26)37(30)31)33(24-14-5-2-6-15-24)22-32(33,23-12-3-1-4-13-23)29-20-11-21-36(29)34/h1-10,12-19,29H,11,20-22H2/t29-,32-,33-,34+/m1/s1. The number of rotatable bonds is 2. The lowest BCUT2D eigenvalue weighted by Gasteiger charge is -2.43. The van der Waals surface area contributed by atoms with E-state index in [0.717, 1.165) is 42.8 Å². The van der Waals surface area contributed by atoms with Gasteiger partial charge in [0.1, 0.15) is 11.4 Å². The molecule has 1 aromatic heterocycles. The quantitative estimate of drug-likeness (QED) is 0.317. The minimum Gasteiger partial charge on any atom is -0.282 e. The van der Waals surface area contributed by atoms with E-state index >= 15 is 0 Å². The predicted molar refractivity (Wildman–Crippen MR) is 149 cm³/mol. The average Bonchev–Trinajstić information content (AvgIpc) is 3.22. The Labute approximate surface area is 221 Å². The normalized spacial score (nSPS) is 30.3. The van der Waals surface area contributed by atoms with Crippen LogP contribution in [-0.4, -0.2) is 27.0 Å². The molecule has 0 bridgehead atoms. The lowest BCUT2D eigenvalue weighted by molar-refractivity contribution is 0.116. The summed E-state index contributed by atoms with van der Waals surface area (Å²) in [6.45, 7) is 1.00.